The van der Waals surface area contributed by atoms with Crippen molar-refractivity contribution in [2.75, 3.05) is 0 Å². The van der Waals surface area contributed by atoms with Crippen LogP contribution in [0.2, 0.25) is 0 Å². The minimum atomic E-state index is -0.00641. The summed E-state index contributed by atoms with van der Waals surface area (Å²) in [6, 6.07) is 0. The summed E-state index contributed by atoms with van der Waals surface area (Å²) in [6.45, 7) is 4.25. The molecule has 0 bridgehead atoms. The molecule has 1 rings (SSSR count). The molecular formula is C17H32O2. The Morgan fingerprint density at radius 1 is 0.842 bits per heavy atom. The van der Waals surface area contributed by atoms with Crippen LogP contribution in [0.3, 0.4) is 0 Å². The van der Waals surface area contributed by atoms with Crippen LogP contribution < -0.4 is 0 Å². The number of rotatable bonds is 12. The van der Waals surface area contributed by atoms with E-state index >= 15 is 0 Å². The normalized spacial score (nSPS) is 22.1. The average molecular weight is 268 g/mol. The van der Waals surface area contributed by atoms with Crippen LogP contribution in [-0.4, -0.2) is 12.1 Å². The molecule has 0 spiro atoms. The van der Waals surface area contributed by atoms with Crippen LogP contribution in [0.25, 0.3) is 0 Å². The largest absolute Gasteiger partial charge is 0.461 e. The fraction of sp³-hybridized carbons (Fsp3) is 0.941. The number of ether oxygens (including phenoxy) is 1. The van der Waals surface area contributed by atoms with E-state index in [1.54, 1.807) is 0 Å². The van der Waals surface area contributed by atoms with Gasteiger partial charge in [-0.15, -0.1) is 0 Å². The Morgan fingerprint density at radius 2 is 1.32 bits per heavy atom. The van der Waals surface area contributed by atoms with Crippen molar-refractivity contribution in [3.63, 3.8) is 0 Å². The molecule has 0 amide bonds. The second-order valence-electron chi connectivity index (χ2n) is 6.09. The van der Waals surface area contributed by atoms with Crippen LogP contribution in [0.15, 0.2) is 0 Å². The summed E-state index contributed by atoms with van der Waals surface area (Å²) in [5.74, 6) is 0.149. The molecule has 1 saturated heterocycles. The molecule has 1 fully saturated rings. The molecule has 1 aliphatic rings. The van der Waals surface area contributed by atoms with Crippen LogP contribution in [-0.2, 0) is 9.53 Å². The zero-order valence-electron chi connectivity index (χ0n) is 13.0. The SMILES string of the molecule is CCCCCCCCCCCCCC1OC(=O)C1C. The van der Waals surface area contributed by atoms with Crippen molar-refractivity contribution in [1.29, 1.82) is 0 Å². The summed E-state index contributed by atoms with van der Waals surface area (Å²) in [6.07, 6.45) is 16.4. The molecule has 0 N–H and O–H groups in total. The molecule has 112 valence electrons. The maximum absolute atomic E-state index is 10.9. The van der Waals surface area contributed by atoms with Crippen molar-refractivity contribution >= 4 is 5.97 Å². The van der Waals surface area contributed by atoms with Gasteiger partial charge in [0.05, 0.1) is 5.92 Å². The first-order valence-electron chi connectivity index (χ1n) is 8.46. The van der Waals surface area contributed by atoms with E-state index in [1.165, 1.54) is 70.6 Å². The van der Waals surface area contributed by atoms with Gasteiger partial charge in [-0.1, -0.05) is 71.1 Å². The van der Waals surface area contributed by atoms with Gasteiger partial charge in [-0.05, 0) is 19.8 Å². The van der Waals surface area contributed by atoms with Crippen molar-refractivity contribution in [2.24, 2.45) is 5.92 Å². The summed E-state index contributed by atoms with van der Waals surface area (Å²) in [4.78, 5) is 10.9. The van der Waals surface area contributed by atoms with E-state index in [0.29, 0.717) is 0 Å². The summed E-state index contributed by atoms with van der Waals surface area (Å²) < 4.78 is 5.10. The Morgan fingerprint density at radius 3 is 1.74 bits per heavy atom. The van der Waals surface area contributed by atoms with Crippen LogP contribution >= 0.6 is 0 Å². The molecule has 2 atom stereocenters. The maximum atomic E-state index is 10.9. The smallest absolute Gasteiger partial charge is 0.312 e. The Bertz CT molecular complexity index is 237. The molecule has 2 heteroatoms. The monoisotopic (exact) mass is 268 g/mol. The number of esters is 1. The molecule has 0 aromatic heterocycles. The van der Waals surface area contributed by atoms with Crippen LogP contribution in [0, 0.1) is 5.92 Å². The van der Waals surface area contributed by atoms with Crippen molar-refractivity contribution in [1.82, 2.24) is 0 Å². The van der Waals surface area contributed by atoms with Crippen LogP contribution in [0.5, 0.6) is 0 Å². The van der Waals surface area contributed by atoms with Crippen LogP contribution in [0.4, 0.5) is 0 Å². The van der Waals surface area contributed by atoms with Crippen LogP contribution in [0.1, 0.15) is 90.9 Å². The minimum Gasteiger partial charge on any atom is -0.461 e. The second-order valence-corrected chi connectivity index (χ2v) is 6.09. The summed E-state index contributed by atoms with van der Waals surface area (Å²) in [7, 11) is 0. The number of unbranched alkanes of at least 4 members (excludes halogenated alkanes) is 10. The quantitative estimate of drug-likeness (QED) is 0.357. The number of carbonyl (C=O) groups is 1. The third-order valence-electron chi connectivity index (χ3n) is 4.29. The van der Waals surface area contributed by atoms with Crippen molar-refractivity contribution in [3.8, 4) is 0 Å². The van der Waals surface area contributed by atoms with E-state index in [1.807, 2.05) is 6.92 Å². The minimum absolute atomic E-state index is 0.00641. The van der Waals surface area contributed by atoms with Gasteiger partial charge >= 0.3 is 5.97 Å². The lowest BCUT2D eigenvalue weighted by Gasteiger charge is -2.32. The molecule has 2 nitrogen and oxygen atoms in total. The highest BCUT2D eigenvalue weighted by Crippen LogP contribution is 2.26. The van der Waals surface area contributed by atoms with Crippen molar-refractivity contribution in [2.45, 2.75) is 97.0 Å². The predicted molar refractivity (Wildman–Crippen MR) is 80.1 cm³/mol. The van der Waals surface area contributed by atoms with E-state index < -0.39 is 0 Å². The molecule has 0 aromatic carbocycles. The fourth-order valence-electron chi connectivity index (χ4n) is 2.76. The molecule has 0 radical (unpaired) electrons. The summed E-state index contributed by atoms with van der Waals surface area (Å²) in [5, 5.41) is 0. The van der Waals surface area contributed by atoms with Crippen molar-refractivity contribution in [3.05, 3.63) is 0 Å². The van der Waals surface area contributed by atoms with Gasteiger partial charge in [0.2, 0.25) is 0 Å². The Kier molecular flexibility index (Phi) is 8.94. The molecule has 2 unspecified atom stereocenters. The van der Waals surface area contributed by atoms with E-state index in [-0.39, 0.29) is 18.0 Å². The van der Waals surface area contributed by atoms with Gasteiger partial charge in [-0.3, -0.25) is 4.79 Å². The summed E-state index contributed by atoms with van der Waals surface area (Å²) >= 11 is 0. The Hall–Kier alpha value is -0.530. The molecule has 19 heavy (non-hydrogen) atoms. The van der Waals surface area contributed by atoms with Gasteiger partial charge < -0.3 is 4.74 Å². The van der Waals surface area contributed by atoms with Gasteiger partial charge in [0.15, 0.2) is 0 Å². The first-order valence-corrected chi connectivity index (χ1v) is 8.46. The van der Waals surface area contributed by atoms with E-state index in [9.17, 15) is 4.79 Å². The predicted octanol–water partition coefficient (Wildman–Crippen LogP) is 5.25. The average Bonchev–Trinajstić information content (AvgIpc) is 2.43. The molecular weight excluding hydrogens is 236 g/mol. The van der Waals surface area contributed by atoms with Gasteiger partial charge in [0, 0.05) is 0 Å². The van der Waals surface area contributed by atoms with Crippen molar-refractivity contribution < 1.29 is 9.53 Å². The molecule has 1 heterocycles. The fourth-order valence-corrected chi connectivity index (χ4v) is 2.76. The second kappa shape index (κ2) is 10.3. The number of carbonyl (C=O) groups excluding carboxylic acids is 1. The van der Waals surface area contributed by atoms with Gasteiger partial charge in [-0.2, -0.15) is 0 Å². The van der Waals surface area contributed by atoms with Gasteiger partial charge in [-0.25, -0.2) is 0 Å². The Labute approximate surface area is 119 Å². The zero-order valence-corrected chi connectivity index (χ0v) is 13.0. The highest BCUT2D eigenvalue weighted by Gasteiger charge is 2.37. The maximum Gasteiger partial charge on any atom is 0.312 e. The van der Waals surface area contributed by atoms with Gasteiger partial charge in [0.1, 0.15) is 6.10 Å². The number of cyclic esters (lactones) is 1. The lowest BCUT2D eigenvalue weighted by atomic mass is 9.94. The van der Waals surface area contributed by atoms with E-state index in [0.717, 1.165) is 6.42 Å². The third-order valence-corrected chi connectivity index (χ3v) is 4.29. The first kappa shape index (κ1) is 16.5. The number of hydrogen-bond acceptors (Lipinski definition) is 2. The first-order chi connectivity index (χ1) is 9.25. The zero-order chi connectivity index (χ0) is 13.9. The standard InChI is InChI=1S/C17H32O2/c1-3-4-5-6-7-8-9-10-11-12-13-14-16-15(2)17(18)19-16/h15-16H,3-14H2,1-2H3. The molecule has 0 aromatic rings. The summed E-state index contributed by atoms with van der Waals surface area (Å²) in [5.41, 5.74) is 0. The molecule has 0 aliphatic carbocycles. The lowest BCUT2D eigenvalue weighted by Crippen LogP contribution is -2.42. The third kappa shape index (κ3) is 6.98. The topological polar surface area (TPSA) is 26.3 Å². The highest BCUT2D eigenvalue weighted by atomic mass is 16.6. The molecule has 0 saturated carbocycles. The Balaban J connectivity index is 1.73. The molecule has 1 aliphatic heterocycles. The van der Waals surface area contributed by atoms with Gasteiger partial charge in [0.25, 0.3) is 0 Å². The highest BCUT2D eigenvalue weighted by molar-refractivity contribution is 5.77. The lowest BCUT2D eigenvalue weighted by molar-refractivity contribution is -0.183. The van der Waals surface area contributed by atoms with E-state index in [4.69, 9.17) is 4.74 Å². The number of hydrogen-bond donors (Lipinski definition) is 0. The van der Waals surface area contributed by atoms with E-state index in [2.05, 4.69) is 6.92 Å².